The molecular formula is C37H46ClN5O7. The molecule has 0 saturated carbocycles. The summed E-state index contributed by atoms with van der Waals surface area (Å²) in [6, 6.07) is 4.29. The van der Waals surface area contributed by atoms with Crippen LogP contribution in [-0.4, -0.2) is 118 Å². The van der Waals surface area contributed by atoms with Gasteiger partial charge in [-0.25, -0.2) is 0 Å². The Balaban J connectivity index is 1.23. The van der Waals surface area contributed by atoms with Gasteiger partial charge >= 0.3 is 5.97 Å². The number of aryl methyl sites for hydroxylation is 1. The maximum atomic E-state index is 14.7. The smallest absolute Gasteiger partial charge is 0.325 e. The molecule has 3 saturated heterocycles. The number of nitrogens with zero attached hydrogens (tertiary/aromatic N) is 4. The Bertz CT molecular complexity index is 1610. The van der Waals surface area contributed by atoms with E-state index in [1.54, 1.807) is 20.8 Å². The summed E-state index contributed by atoms with van der Waals surface area (Å²) in [6.45, 7) is 3.77. The van der Waals surface area contributed by atoms with E-state index in [0.29, 0.717) is 69.5 Å². The van der Waals surface area contributed by atoms with Crippen LogP contribution in [0.15, 0.2) is 48.6 Å². The standard InChI is InChI=1S/C37H46ClN5O7/c1-4-26-12-10-25-17-21-40(32(25)35(48)41(26)22-31(45)50-3)34(47)30-15-13-27-16-19-37(36(49)43(27)30)18-7-20-42(37)33(46)29(39-23(2)44)14-11-24-8-5-6-9-28(24)38/h5-6,8-10,12,16,19,25-27,29-30,32H,4,7,11,13-15,17-18,20-22H2,1-3H3,(H,39,44)/t25-,26+,27-,29-,30-,32-,37+/m0/s1. The van der Waals surface area contributed by atoms with E-state index in [1.807, 2.05) is 49.4 Å². The van der Waals surface area contributed by atoms with Gasteiger partial charge in [0, 0.05) is 31.0 Å². The van der Waals surface area contributed by atoms with E-state index in [-0.39, 0.29) is 54.1 Å². The molecule has 0 radical (unpaired) electrons. The van der Waals surface area contributed by atoms with Crippen LogP contribution in [0.25, 0.3) is 0 Å². The highest BCUT2D eigenvalue weighted by Gasteiger charge is 2.58. The number of likely N-dealkylation sites (tertiary alicyclic amines) is 2. The number of esters is 1. The van der Waals surface area contributed by atoms with Gasteiger partial charge in [0.2, 0.25) is 23.6 Å². The van der Waals surface area contributed by atoms with Crippen LogP contribution in [0.3, 0.4) is 0 Å². The van der Waals surface area contributed by atoms with Gasteiger partial charge in [-0.05, 0) is 63.0 Å². The summed E-state index contributed by atoms with van der Waals surface area (Å²) >= 11 is 6.38. The molecule has 0 unspecified atom stereocenters. The highest BCUT2D eigenvalue weighted by Crippen LogP contribution is 2.42. The van der Waals surface area contributed by atoms with E-state index in [4.69, 9.17) is 16.3 Å². The van der Waals surface area contributed by atoms with Crippen LogP contribution in [0.5, 0.6) is 0 Å². The number of nitrogens with one attached hydrogen (secondary N) is 1. The number of ether oxygens (including phenoxy) is 1. The first kappa shape index (κ1) is 35.6. The average molecular weight is 708 g/mol. The van der Waals surface area contributed by atoms with E-state index in [1.165, 1.54) is 18.9 Å². The van der Waals surface area contributed by atoms with Crippen LogP contribution in [-0.2, 0) is 39.9 Å². The maximum absolute atomic E-state index is 14.7. The molecule has 50 heavy (non-hydrogen) atoms. The Morgan fingerprint density at radius 3 is 2.56 bits per heavy atom. The fourth-order valence-electron chi connectivity index (χ4n) is 8.60. The number of benzene rings is 1. The number of hydrogen-bond donors (Lipinski definition) is 1. The van der Waals surface area contributed by atoms with Crippen molar-refractivity contribution in [3.8, 4) is 0 Å². The summed E-state index contributed by atoms with van der Waals surface area (Å²) in [5, 5.41) is 3.38. The lowest BCUT2D eigenvalue weighted by molar-refractivity contribution is -0.158. The molecule has 1 aromatic rings. The zero-order valence-corrected chi connectivity index (χ0v) is 29.6. The molecule has 5 heterocycles. The summed E-state index contributed by atoms with van der Waals surface area (Å²) in [5.74, 6) is -2.34. The van der Waals surface area contributed by atoms with Gasteiger partial charge in [-0.15, -0.1) is 0 Å². The molecular weight excluding hydrogens is 662 g/mol. The van der Waals surface area contributed by atoms with E-state index < -0.39 is 29.6 Å². The molecule has 12 nitrogen and oxygen atoms in total. The van der Waals surface area contributed by atoms with Gasteiger partial charge in [0.25, 0.3) is 5.91 Å². The zero-order valence-electron chi connectivity index (χ0n) is 28.9. The lowest BCUT2D eigenvalue weighted by Gasteiger charge is -2.45. The van der Waals surface area contributed by atoms with Crippen molar-refractivity contribution in [3.63, 3.8) is 0 Å². The second-order valence-electron chi connectivity index (χ2n) is 14.0. The summed E-state index contributed by atoms with van der Waals surface area (Å²) in [4.78, 5) is 88.3. The Morgan fingerprint density at radius 1 is 1.06 bits per heavy atom. The fourth-order valence-corrected chi connectivity index (χ4v) is 8.83. The third-order valence-electron chi connectivity index (χ3n) is 11.1. The van der Waals surface area contributed by atoms with Gasteiger partial charge in [0.15, 0.2) is 0 Å². The van der Waals surface area contributed by atoms with E-state index in [2.05, 4.69) is 5.32 Å². The third-order valence-corrected chi connectivity index (χ3v) is 11.5. The number of carbonyl (C=O) groups excluding carboxylic acids is 6. The van der Waals surface area contributed by atoms with Crippen molar-refractivity contribution < 1.29 is 33.5 Å². The van der Waals surface area contributed by atoms with Gasteiger partial charge in [-0.2, -0.15) is 0 Å². The fraction of sp³-hybridized carbons (Fsp3) is 0.568. The van der Waals surface area contributed by atoms with Gasteiger partial charge in [0.1, 0.15) is 30.2 Å². The van der Waals surface area contributed by atoms with Crippen molar-refractivity contribution in [1.29, 1.82) is 0 Å². The summed E-state index contributed by atoms with van der Waals surface area (Å²) in [6.07, 6.45) is 11.6. The quantitative estimate of drug-likeness (QED) is 0.308. The second-order valence-corrected chi connectivity index (χ2v) is 14.4. The van der Waals surface area contributed by atoms with E-state index in [0.717, 1.165) is 5.56 Å². The summed E-state index contributed by atoms with van der Waals surface area (Å²) in [5.41, 5.74) is -0.425. The molecule has 3 fully saturated rings. The first-order valence-corrected chi connectivity index (χ1v) is 18.1. The number of rotatable bonds is 9. The van der Waals surface area contributed by atoms with Gasteiger partial charge in [0.05, 0.1) is 19.2 Å². The molecule has 1 spiro atoms. The van der Waals surface area contributed by atoms with Crippen LogP contribution >= 0.6 is 11.6 Å². The topological polar surface area (TPSA) is 137 Å². The highest BCUT2D eigenvalue weighted by molar-refractivity contribution is 6.31. The number of methoxy groups -OCH3 is 1. The van der Waals surface area contributed by atoms with Crippen LogP contribution < -0.4 is 5.32 Å². The average Bonchev–Trinajstić information content (AvgIpc) is 3.83. The van der Waals surface area contributed by atoms with Crippen molar-refractivity contribution in [2.24, 2.45) is 5.92 Å². The van der Waals surface area contributed by atoms with Crippen LogP contribution in [0.2, 0.25) is 5.02 Å². The molecule has 13 heteroatoms. The van der Waals surface area contributed by atoms with Gasteiger partial charge in [-0.1, -0.05) is 61.0 Å². The first-order valence-electron chi connectivity index (χ1n) is 17.7. The molecule has 1 aromatic carbocycles. The number of halogens is 1. The normalized spacial score (nSPS) is 29.2. The molecule has 268 valence electrons. The summed E-state index contributed by atoms with van der Waals surface area (Å²) in [7, 11) is 1.28. The Kier molecular flexibility index (Phi) is 10.4. The zero-order chi connectivity index (χ0) is 35.7. The first-order chi connectivity index (χ1) is 24.0. The lowest BCUT2D eigenvalue weighted by Crippen LogP contribution is -2.65. The lowest BCUT2D eigenvalue weighted by atomic mass is 9.88. The second kappa shape index (κ2) is 14.6. The molecule has 0 aromatic heterocycles. The van der Waals surface area contributed by atoms with Crippen molar-refractivity contribution >= 4 is 47.1 Å². The van der Waals surface area contributed by atoms with Crippen molar-refractivity contribution in [2.75, 3.05) is 26.7 Å². The highest BCUT2D eigenvalue weighted by atomic mass is 35.5. The number of amides is 5. The van der Waals surface area contributed by atoms with Crippen LogP contribution in [0.4, 0.5) is 0 Å². The predicted octanol–water partition coefficient (Wildman–Crippen LogP) is 2.64. The van der Waals surface area contributed by atoms with Crippen LogP contribution in [0.1, 0.15) is 64.4 Å². The number of hydrogen-bond acceptors (Lipinski definition) is 7. The van der Waals surface area contributed by atoms with E-state index in [9.17, 15) is 28.8 Å². The largest absolute Gasteiger partial charge is 0.468 e. The minimum atomic E-state index is -1.28. The maximum Gasteiger partial charge on any atom is 0.325 e. The Morgan fingerprint density at radius 2 is 1.84 bits per heavy atom. The minimum Gasteiger partial charge on any atom is -0.468 e. The monoisotopic (exact) mass is 707 g/mol. The van der Waals surface area contributed by atoms with Crippen molar-refractivity contribution in [3.05, 3.63) is 59.2 Å². The summed E-state index contributed by atoms with van der Waals surface area (Å²) < 4.78 is 4.87. The Hall–Kier alpha value is -4.19. The SMILES string of the molecule is CC[C@@H]1C=C[C@H]2CCN(C(=O)[C@@H]3CC[C@H]4C=C[C@]5(CCCN5C(=O)[C@H](CCc5ccccc5Cl)NC(C)=O)C(=O)N43)[C@@H]2C(=O)N1CC(=O)OC. The minimum absolute atomic E-state index is 0.205. The Labute approximate surface area is 297 Å². The predicted molar refractivity (Wildman–Crippen MR) is 184 cm³/mol. The molecule has 0 aliphatic carbocycles. The molecule has 5 aliphatic rings. The third kappa shape index (κ3) is 6.42. The van der Waals surface area contributed by atoms with Crippen molar-refractivity contribution in [1.82, 2.24) is 24.9 Å². The van der Waals surface area contributed by atoms with Gasteiger partial charge in [-0.3, -0.25) is 28.8 Å². The van der Waals surface area contributed by atoms with Crippen LogP contribution in [0, 0.1) is 5.92 Å². The van der Waals surface area contributed by atoms with E-state index >= 15 is 0 Å². The van der Waals surface area contributed by atoms with Crippen molar-refractivity contribution in [2.45, 2.75) is 101 Å². The number of fused-ring (bicyclic) bond motifs is 2. The molecule has 6 rings (SSSR count). The van der Waals surface area contributed by atoms with Gasteiger partial charge < -0.3 is 29.7 Å². The number of carbonyl (C=O) groups is 6. The molecule has 7 atom stereocenters. The molecule has 1 N–H and O–H groups in total. The molecule has 5 amide bonds. The molecule has 0 bridgehead atoms. The molecule has 5 aliphatic heterocycles.